The molecule has 2 N–H and O–H groups in total. The van der Waals surface area contributed by atoms with Crippen molar-refractivity contribution in [3.63, 3.8) is 0 Å². The highest BCUT2D eigenvalue weighted by Crippen LogP contribution is 2.27. The van der Waals surface area contributed by atoms with Crippen LogP contribution in [0.1, 0.15) is 20.7 Å². The van der Waals surface area contributed by atoms with E-state index >= 15 is 0 Å². The van der Waals surface area contributed by atoms with Crippen molar-refractivity contribution in [1.29, 1.82) is 0 Å². The lowest BCUT2D eigenvalue weighted by Gasteiger charge is -2.09. The van der Waals surface area contributed by atoms with Gasteiger partial charge in [0.25, 0.3) is 11.1 Å². The maximum Gasteiger partial charge on any atom is 0.259 e. The number of fused-ring (bicyclic) bond motifs is 1. The zero-order valence-corrected chi connectivity index (χ0v) is 12.7. The van der Waals surface area contributed by atoms with Crippen LogP contribution in [0.2, 0.25) is 0 Å². The first-order chi connectivity index (χ1) is 11.0. The molecule has 0 fully saturated rings. The van der Waals surface area contributed by atoms with Crippen LogP contribution in [0.15, 0.2) is 60.7 Å². The molecular formula is C18H12ClNO3. The molecule has 114 valence electrons. The van der Waals surface area contributed by atoms with Crippen LogP contribution in [0, 0.1) is 0 Å². The van der Waals surface area contributed by atoms with Gasteiger partial charge >= 0.3 is 0 Å². The molecule has 3 aromatic rings. The fraction of sp³-hybridized carbons (Fsp3) is 0. The minimum Gasteiger partial charge on any atom is -0.507 e. The molecule has 0 aliphatic rings. The van der Waals surface area contributed by atoms with E-state index in [0.717, 1.165) is 0 Å². The van der Waals surface area contributed by atoms with Crippen LogP contribution >= 0.6 is 11.6 Å². The zero-order chi connectivity index (χ0) is 16.4. The van der Waals surface area contributed by atoms with E-state index in [-0.39, 0.29) is 11.3 Å². The number of halogens is 1. The molecule has 0 atom stereocenters. The van der Waals surface area contributed by atoms with E-state index in [9.17, 15) is 14.7 Å². The Morgan fingerprint density at radius 3 is 2.35 bits per heavy atom. The molecule has 1 amide bonds. The summed E-state index contributed by atoms with van der Waals surface area (Å²) in [5.74, 6) is -0.561. The molecule has 0 aromatic heterocycles. The van der Waals surface area contributed by atoms with Gasteiger partial charge in [0.2, 0.25) is 0 Å². The number of carbonyl (C=O) groups is 2. The Hall–Kier alpha value is -2.85. The standard InChI is InChI=1S/C18H12ClNO3/c19-17(22)12-7-6-11-10-16(21)15(9-13(11)8-12)18(23)20-14-4-2-1-3-5-14/h1-10,21H,(H,20,23). The van der Waals surface area contributed by atoms with E-state index in [1.54, 1.807) is 42.5 Å². The van der Waals surface area contributed by atoms with Gasteiger partial charge in [0.15, 0.2) is 0 Å². The highest BCUT2D eigenvalue weighted by Gasteiger charge is 2.13. The predicted molar refractivity (Wildman–Crippen MR) is 90.2 cm³/mol. The van der Waals surface area contributed by atoms with Crippen LogP contribution in [-0.2, 0) is 0 Å². The van der Waals surface area contributed by atoms with E-state index < -0.39 is 11.1 Å². The van der Waals surface area contributed by atoms with Crippen LogP contribution in [0.4, 0.5) is 5.69 Å². The van der Waals surface area contributed by atoms with Gasteiger partial charge in [0, 0.05) is 11.3 Å². The largest absolute Gasteiger partial charge is 0.507 e. The van der Waals surface area contributed by atoms with E-state index in [1.165, 1.54) is 12.1 Å². The number of hydrogen-bond donors (Lipinski definition) is 2. The van der Waals surface area contributed by atoms with Crippen molar-refractivity contribution in [3.8, 4) is 5.75 Å². The highest BCUT2D eigenvalue weighted by molar-refractivity contribution is 6.67. The second-order valence-corrected chi connectivity index (χ2v) is 5.37. The van der Waals surface area contributed by atoms with E-state index in [0.29, 0.717) is 22.0 Å². The van der Waals surface area contributed by atoms with Crippen molar-refractivity contribution < 1.29 is 14.7 Å². The molecule has 4 nitrogen and oxygen atoms in total. The summed E-state index contributed by atoms with van der Waals surface area (Å²) in [5, 5.41) is 13.6. The number of hydrogen-bond acceptors (Lipinski definition) is 3. The van der Waals surface area contributed by atoms with Gasteiger partial charge in [-0.3, -0.25) is 9.59 Å². The summed E-state index contributed by atoms with van der Waals surface area (Å²) < 4.78 is 0. The van der Waals surface area contributed by atoms with E-state index in [4.69, 9.17) is 11.6 Å². The molecule has 0 bridgehead atoms. The fourth-order valence-corrected chi connectivity index (χ4v) is 2.43. The Morgan fingerprint density at radius 1 is 0.913 bits per heavy atom. The average Bonchev–Trinajstić information content (AvgIpc) is 2.54. The number of amides is 1. The number of anilines is 1. The molecule has 0 aliphatic carbocycles. The van der Waals surface area contributed by atoms with Crippen LogP contribution in [0.5, 0.6) is 5.75 Å². The van der Waals surface area contributed by atoms with Crippen molar-refractivity contribution in [2.45, 2.75) is 0 Å². The maximum atomic E-state index is 12.3. The summed E-state index contributed by atoms with van der Waals surface area (Å²) in [6.45, 7) is 0. The van der Waals surface area contributed by atoms with E-state index in [2.05, 4.69) is 5.32 Å². The normalized spacial score (nSPS) is 10.5. The summed E-state index contributed by atoms with van der Waals surface area (Å²) in [6.07, 6.45) is 0. The molecule has 0 spiro atoms. The number of benzene rings is 3. The zero-order valence-electron chi connectivity index (χ0n) is 11.9. The first-order valence-corrected chi connectivity index (χ1v) is 7.25. The lowest BCUT2D eigenvalue weighted by Crippen LogP contribution is -2.12. The Morgan fingerprint density at radius 2 is 1.65 bits per heavy atom. The Labute approximate surface area is 137 Å². The minimum atomic E-state index is -0.574. The maximum absolute atomic E-state index is 12.3. The number of phenols is 1. The van der Waals surface area contributed by atoms with Gasteiger partial charge in [-0.1, -0.05) is 24.3 Å². The van der Waals surface area contributed by atoms with Gasteiger partial charge < -0.3 is 10.4 Å². The Kier molecular flexibility index (Phi) is 4.00. The number of aromatic hydroxyl groups is 1. The number of carbonyl (C=O) groups excluding carboxylic acids is 2. The molecule has 0 aliphatic heterocycles. The molecule has 3 rings (SSSR count). The van der Waals surface area contributed by atoms with Crippen LogP contribution in [-0.4, -0.2) is 16.3 Å². The Bertz CT molecular complexity index is 907. The van der Waals surface area contributed by atoms with Crippen molar-refractivity contribution in [1.82, 2.24) is 0 Å². The monoisotopic (exact) mass is 325 g/mol. The number of phenolic OH excluding ortho intramolecular Hbond substituents is 1. The van der Waals surface area contributed by atoms with Gasteiger partial charge in [-0.2, -0.15) is 0 Å². The van der Waals surface area contributed by atoms with Crippen LogP contribution in [0.25, 0.3) is 10.8 Å². The third-order valence-electron chi connectivity index (χ3n) is 3.46. The quantitative estimate of drug-likeness (QED) is 0.710. The molecule has 23 heavy (non-hydrogen) atoms. The third-order valence-corrected chi connectivity index (χ3v) is 3.68. The van der Waals surface area contributed by atoms with E-state index in [1.807, 2.05) is 6.07 Å². The molecule has 0 heterocycles. The lowest BCUT2D eigenvalue weighted by atomic mass is 10.0. The summed E-state index contributed by atoms with van der Waals surface area (Å²) in [5.41, 5.74) is 1.08. The molecule has 5 heteroatoms. The van der Waals surface area contributed by atoms with Crippen LogP contribution < -0.4 is 5.32 Å². The fourth-order valence-electron chi connectivity index (χ4n) is 2.31. The highest BCUT2D eigenvalue weighted by atomic mass is 35.5. The molecule has 0 saturated carbocycles. The van der Waals surface area contributed by atoms with Gasteiger partial charge in [-0.05, 0) is 58.8 Å². The Balaban J connectivity index is 2.01. The van der Waals surface area contributed by atoms with Crippen molar-refractivity contribution in [2.75, 3.05) is 5.32 Å². The first kappa shape index (κ1) is 15.1. The van der Waals surface area contributed by atoms with Crippen molar-refractivity contribution >= 4 is 39.2 Å². The third kappa shape index (κ3) is 3.17. The van der Waals surface area contributed by atoms with Crippen molar-refractivity contribution in [2.24, 2.45) is 0 Å². The molecular weight excluding hydrogens is 314 g/mol. The molecule has 0 radical (unpaired) electrons. The molecule has 3 aromatic carbocycles. The van der Waals surface area contributed by atoms with Gasteiger partial charge in [0.05, 0.1) is 5.56 Å². The van der Waals surface area contributed by atoms with Crippen LogP contribution in [0.3, 0.4) is 0 Å². The smallest absolute Gasteiger partial charge is 0.259 e. The number of para-hydroxylation sites is 1. The van der Waals surface area contributed by atoms with Gasteiger partial charge in [0.1, 0.15) is 5.75 Å². The molecule has 0 saturated heterocycles. The summed E-state index contributed by atoms with van der Waals surface area (Å²) >= 11 is 5.48. The number of nitrogens with one attached hydrogen (secondary N) is 1. The second-order valence-electron chi connectivity index (χ2n) is 5.03. The SMILES string of the molecule is O=C(Cl)c1ccc2cc(O)c(C(=O)Nc3ccccc3)cc2c1. The summed E-state index contributed by atoms with van der Waals surface area (Å²) in [6, 6.07) is 16.8. The van der Waals surface area contributed by atoms with Crippen molar-refractivity contribution in [3.05, 3.63) is 71.8 Å². The summed E-state index contributed by atoms with van der Waals surface area (Å²) in [4.78, 5) is 23.6. The average molecular weight is 326 g/mol. The topological polar surface area (TPSA) is 66.4 Å². The minimum absolute atomic E-state index is 0.125. The predicted octanol–water partition coefficient (Wildman–Crippen LogP) is 4.18. The first-order valence-electron chi connectivity index (χ1n) is 6.87. The molecule has 0 unspecified atom stereocenters. The lowest BCUT2D eigenvalue weighted by molar-refractivity contribution is 0.102. The van der Waals surface area contributed by atoms with Gasteiger partial charge in [-0.15, -0.1) is 0 Å². The summed E-state index contributed by atoms with van der Waals surface area (Å²) in [7, 11) is 0. The second kappa shape index (κ2) is 6.10. The van der Waals surface area contributed by atoms with Gasteiger partial charge in [-0.25, -0.2) is 0 Å². The number of rotatable bonds is 3.